The maximum absolute atomic E-state index is 10.1. The second kappa shape index (κ2) is 12.8. The monoisotopic (exact) mass is 596 g/mol. The Balaban J connectivity index is 1.44. The van der Waals surface area contributed by atoms with Crippen molar-refractivity contribution in [2.75, 3.05) is 10.6 Å². The fraction of sp³-hybridized carbons (Fsp3) is 0. The van der Waals surface area contributed by atoms with Gasteiger partial charge in [0.25, 0.3) is 0 Å². The predicted octanol–water partition coefficient (Wildman–Crippen LogP) is 11.3. The molecule has 0 aliphatic heterocycles. The summed E-state index contributed by atoms with van der Waals surface area (Å²) in [6, 6.07) is 56.6. The van der Waals surface area contributed by atoms with Gasteiger partial charge in [-0.25, -0.2) is 0 Å². The molecule has 4 nitrogen and oxygen atoms in total. The molecule has 0 spiro atoms. The third-order valence-corrected chi connectivity index (χ3v) is 7.97. The highest BCUT2D eigenvalue weighted by Gasteiger charge is 2.19. The van der Waals surface area contributed by atoms with Crippen LogP contribution in [-0.2, 0) is 0 Å². The van der Waals surface area contributed by atoms with Crippen LogP contribution >= 0.6 is 0 Å². The van der Waals surface area contributed by atoms with Crippen molar-refractivity contribution in [3.63, 3.8) is 0 Å². The molecular formula is C42H32N2O2. The van der Waals surface area contributed by atoms with Crippen LogP contribution in [0, 0.1) is 0 Å². The Morgan fingerprint density at radius 3 is 1.30 bits per heavy atom. The Kier molecular flexibility index (Phi) is 7.91. The second-order valence-electron chi connectivity index (χ2n) is 11.2. The van der Waals surface area contributed by atoms with Crippen molar-refractivity contribution in [1.82, 2.24) is 0 Å². The van der Waals surface area contributed by atoms with Crippen LogP contribution in [0.15, 0.2) is 170 Å². The molecule has 0 bridgehead atoms. The van der Waals surface area contributed by atoms with Gasteiger partial charge in [0, 0.05) is 34.9 Å². The molecule has 0 aliphatic rings. The molecule has 4 N–H and O–H groups in total. The molecule has 7 rings (SSSR count). The van der Waals surface area contributed by atoms with Gasteiger partial charge in [-0.15, -0.1) is 0 Å². The van der Waals surface area contributed by atoms with Crippen LogP contribution in [0.1, 0.15) is 0 Å². The molecule has 4 heteroatoms. The fourth-order valence-corrected chi connectivity index (χ4v) is 5.90. The van der Waals surface area contributed by atoms with Crippen molar-refractivity contribution in [2.45, 2.75) is 0 Å². The first-order valence-corrected chi connectivity index (χ1v) is 15.2. The Hall–Kier alpha value is -6.26. The molecule has 0 aliphatic carbocycles. The van der Waals surface area contributed by atoms with E-state index in [1.54, 1.807) is 24.3 Å². The van der Waals surface area contributed by atoms with E-state index in [0.717, 1.165) is 67.3 Å². The van der Waals surface area contributed by atoms with Gasteiger partial charge < -0.3 is 20.8 Å². The van der Waals surface area contributed by atoms with Crippen molar-refractivity contribution < 1.29 is 10.2 Å². The minimum Gasteiger partial charge on any atom is -0.508 e. The molecule has 0 heterocycles. The molecule has 0 saturated heterocycles. The summed E-state index contributed by atoms with van der Waals surface area (Å²) in [6.07, 6.45) is 0. The molecule has 0 atom stereocenters. The van der Waals surface area contributed by atoms with Gasteiger partial charge in [0.2, 0.25) is 0 Å². The number of phenolic OH excluding ortho intramolecular Hbond substituents is 2. The highest BCUT2D eigenvalue weighted by Crippen LogP contribution is 2.45. The SMILES string of the molecule is Oc1cccc(Nc2cccc(-c3cc(Nc4cccc(O)c4)ccc3-c3c(-c4ccccc4)cccc3-c3ccccc3)c2)c1. The first-order valence-electron chi connectivity index (χ1n) is 15.2. The van der Waals surface area contributed by atoms with Crippen LogP contribution in [0.2, 0.25) is 0 Å². The van der Waals surface area contributed by atoms with Crippen LogP contribution in [0.4, 0.5) is 22.7 Å². The Bertz CT molecular complexity index is 2070. The lowest BCUT2D eigenvalue weighted by Crippen LogP contribution is -1.96. The molecule has 0 fully saturated rings. The molecular weight excluding hydrogens is 564 g/mol. The van der Waals surface area contributed by atoms with E-state index in [2.05, 4.69) is 108 Å². The zero-order valence-electron chi connectivity index (χ0n) is 25.1. The third kappa shape index (κ3) is 6.19. The number of benzene rings is 7. The normalized spacial score (nSPS) is 10.8. The quantitative estimate of drug-likeness (QED) is 0.141. The summed E-state index contributed by atoms with van der Waals surface area (Å²) >= 11 is 0. The van der Waals surface area contributed by atoms with E-state index in [4.69, 9.17) is 0 Å². The summed E-state index contributed by atoms with van der Waals surface area (Å²) in [6.45, 7) is 0. The maximum Gasteiger partial charge on any atom is 0.117 e. The zero-order chi connectivity index (χ0) is 31.3. The minimum atomic E-state index is 0.205. The van der Waals surface area contributed by atoms with Gasteiger partial charge >= 0.3 is 0 Å². The van der Waals surface area contributed by atoms with Crippen LogP contribution < -0.4 is 10.6 Å². The molecule has 0 unspecified atom stereocenters. The molecule has 0 radical (unpaired) electrons. The molecule has 0 amide bonds. The van der Waals surface area contributed by atoms with E-state index < -0.39 is 0 Å². The van der Waals surface area contributed by atoms with Crippen LogP contribution in [0.5, 0.6) is 11.5 Å². The summed E-state index contributed by atoms with van der Waals surface area (Å²) in [7, 11) is 0. The number of hydrogen-bond donors (Lipinski definition) is 4. The van der Waals surface area contributed by atoms with E-state index in [-0.39, 0.29) is 11.5 Å². The minimum absolute atomic E-state index is 0.205. The summed E-state index contributed by atoms with van der Waals surface area (Å²) in [5.41, 5.74) is 12.3. The number of aromatic hydroxyl groups is 2. The Morgan fingerprint density at radius 1 is 0.304 bits per heavy atom. The van der Waals surface area contributed by atoms with Crippen molar-refractivity contribution in [2.24, 2.45) is 0 Å². The second-order valence-corrected chi connectivity index (χ2v) is 11.2. The summed E-state index contributed by atoms with van der Waals surface area (Å²) < 4.78 is 0. The van der Waals surface area contributed by atoms with Crippen molar-refractivity contribution in [3.05, 3.63) is 170 Å². The summed E-state index contributed by atoms with van der Waals surface area (Å²) in [5, 5.41) is 27.1. The first kappa shape index (κ1) is 28.5. The number of rotatable bonds is 8. The number of anilines is 4. The lowest BCUT2D eigenvalue weighted by molar-refractivity contribution is 0.475. The highest BCUT2D eigenvalue weighted by atomic mass is 16.3. The number of nitrogens with one attached hydrogen (secondary N) is 2. The van der Waals surface area contributed by atoms with Crippen molar-refractivity contribution in [3.8, 4) is 56.0 Å². The van der Waals surface area contributed by atoms with Gasteiger partial charge in [-0.3, -0.25) is 0 Å². The number of hydrogen-bond acceptors (Lipinski definition) is 4. The van der Waals surface area contributed by atoms with E-state index in [1.165, 1.54) is 0 Å². The fourth-order valence-electron chi connectivity index (χ4n) is 5.90. The standard InChI is InChI=1S/C42H32N2O2/c45-36-19-8-17-33(26-36)43-32-16-7-15-31(25-32)41-28-35(44-34-18-9-20-37(46)27-34)23-24-40(41)42-38(29-11-3-1-4-12-29)21-10-22-39(42)30-13-5-2-6-14-30/h1-28,43-46H. The summed E-state index contributed by atoms with van der Waals surface area (Å²) in [4.78, 5) is 0. The average Bonchev–Trinajstić information content (AvgIpc) is 3.09. The van der Waals surface area contributed by atoms with E-state index >= 15 is 0 Å². The predicted molar refractivity (Wildman–Crippen MR) is 191 cm³/mol. The largest absolute Gasteiger partial charge is 0.508 e. The molecule has 7 aromatic carbocycles. The van der Waals surface area contributed by atoms with Crippen molar-refractivity contribution in [1.29, 1.82) is 0 Å². The lowest BCUT2D eigenvalue weighted by atomic mass is 9.84. The van der Waals surface area contributed by atoms with E-state index in [0.29, 0.717) is 0 Å². The van der Waals surface area contributed by atoms with Gasteiger partial charge in [-0.1, -0.05) is 109 Å². The van der Waals surface area contributed by atoms with Crippen LogP contribution in [-0.4, -0.2) is 10.2 Å². The lowest BCUT2D eigenvalue weighted by Gasteiger charge is -2.21. The molecule has 46 heavy (non-hydrogen) atoms. The maximum atomic E-state index is 10.1. The molecule has 222 valence electrons. The van der Waals surface area contributed by atoms with Gasteiger partial charge in [0.1, 0.15) is 11.5 Å². The number of phenols is 2. The first-order chi connectivity index (χ1) is 22.6. The van der Waals surface area contributed by atoms with Gasteiger partial charge in [0.15, 0.2) is 0 Å². The Labute approximate surface area is 268 Å². The zero-order valence-corrected chi connectivity index (χ0v) is 25.1. The van der Waals surface area contributed by atoms with Gasteiger partial charge in [-0.05, 0) is 93.0 Å². The van der Waals surface area contributed by atoms with Gasteiger partial charge in [-0.2, -0.15) is 0 Å². The molecule has 0 aromatic heterocycles. The highest BCUT2D eigenvalue weighted by molar-refractivity contribution is 6.00. The van der Waals surface area contributed by atoms with Crippen LogP contribution in [0.25, 0.3) is 44.5 Å². The van der Waals surface area contributed by atoms with Crippen molar-refractivity contribution >= 4 is 22.7 Å². The smallest absolute Gasteiger partial charge is 0.117 e. The Morgan fingerprint density at radius 2 is 0.761 bits per heavy atom. The van der Waals surface area contributed by atoms with Crippen LogP contribution in [0.3, 0.4) is 0 Å². The molecule has 0 saturated carbocycles. The van der Waals surface area contributed by atoms with Gasteiger partial charge in [0.05, 0.1) is 0 Å². The average molecular weight is 597 g/mol. The topological polar surface area (TPSA) is 64.5 Å². The molecule has 7 aromatic rings. The summed E-state index contributed by atoms with van der Waals surface area (Å²) in [5.74, 6) is 0.414. The van der Waals surface area contributed by atoms with E-state index in [1.807, 2.05) is 48.5 Å². The third-order valence-electron chi connectivity index (χ3n) is 7.97. The van der Waals surface area contributed by atoms with E-state index in [9.17, 15) is 10.2 Å².